The van der Waals surface area contributed by atoms with Crippen LogP contribution in [0.15, 0.2) is 91.1 Å². The summed E-state index contributed by atoms with van der Waals surface area (Å²) in [7, 11) is 0. The lowest BCUT2D eigenvalue weighted by atomic mass is 9.70. The van der Waals surface area contributed by atoms with Crippen LogP contribution in [0.5, 0.6) is 0 Å². The first kappa shape index (κ1) is 13.6. The van der Waals surface area contributed by atoms with E-state index in [0.717, 1.165) is 0 Å². The second-order valence-corrected chi connectivity index (χ2v) is 5.51. The van der Waals surface area contributed by atoms with E-state index in [9.17, 15) is 0 Å². The van der Waals surface area contributed by atoms with Crippen molar-refractivity contribution < 1.29 is 0 Å². The lowest BCUT2D eigenvalue weighted by Gasteiger charge is -2.33. The minimum atomic E-state index is 0.254. The Bertz CT molecular complexity index is 704. The molecule has 3 rings (SSSR count). The predicted octanol–water partition coefficient (Wildman–Crippen LogP) is 5.60. The molecule has 2 unspecified atom stereocenters. The van der Waals surface area contributed by atoms with Crippen LogP contribution in [0.1, 0.15) is 35.4 Å². The molecule has 0 saturated carbocycles. The number of fused-ring (bicyclic) bond motifs is 1. The first-order chi connectivity index (χ1) is 10.3. The van der Waals surface area contributed by atoms with Crippen LogP contribution in [-0.4, -0.2) is 0 Å². The summed E-state index contributed by atoms with van der Waals surface area (Å²) in [5.74, 6) is 0.621. The standard InChI is InChI=1S/C21H20/c1-4-17-15(3)19-13-9-10-14-20(19)21(18(17)5-2)16-11-7-6-8-12-16/h4-15,21H,1-2H2,3H3. The van der Waals surface area contributed by atoms with E-state index < -0.39 is 0 Å². The van der Waals surface area contributed by atoms with E-state index in [1.165, 1.54) is 27.8 Å². The molecule has 0 heteroatoms. The molecule has 0 nitrogen and oxygen atoms in total. The molecule has 0 saturated heterocycles. The van der Waals surface area contributed by atoms with Crippen molar-refractivity contribution in [2.24, 2.45) is 0 Å². The van der Waals surface area contributed by atoms with Crippen LogP contribution >= 0.6 is 0 Å². The third-order valence-electron chi connectivity index (χ3n) is 4.46. The fourth-order valence-electron chi connectivity index (χ4n) is 3.45. The zero-order valence-corrected chi connectivity index (χ0v) is 12.4. The minimum Gasteiger partial charge on any atom is -0.0988 e. The summed E-state index contributed by atoms with van der Waals surface area (Å²) in [6.07, 6.45) is 3.99. The van der Waals surface area contributed by atoms with Gasteiger partial charge in [-0.05, 0) is 27.8 Å². The van der Waals surface area contributed by atoms with Gasteiger partial charge in [0.2, 0.25) is 0 Å². The van der Waals surface area contributed by atoms with Crippen LogP contribution in [0.4, 0.5) is 0 Å². The smallest absolute Gasteiger partial charge is 0.0345 e. The van der Waals surface area contributed by atoms with Crippen molar-refractivity contribution in [3.63, 3.8) is 0 Å². The molecule has 1 aliphatic carbocycles. The van der Waals surface area contributed by atoms with Gasteiger partial charge in [-0.15, -0.1) is 0 Å². The zero-order chi connectivity index (χ0) is 14.8. The summed E-state index contributed by atoms with van der Waals surface area (Å²) < 4.78 is 0. The third kappa shape index (κ3) is 2.17. The maximum atomic E-state index is 4.06. The largest absolute Gasteiger partial charge is 0.0988 e. The number of allylic oxidation sites excluding steroid dienone is 4. The molecular weight excluding hydrogens is 252 g/mol. The van der Waals surface area contributed by atoms with E-state index >= 15 is 0 Å². The summed E-state index contributed by atoms with van der Waals surface area (Å²) in [6.45, 7) is 10.3. The van der Waals surface area contributed by atoms with E-state index in [-0.39, 0.29) is 5.92 Å². The number of rotatable bonds is 3. The molecular formula is C21H20. The van der Waals surface area contributed by atoms with Crippen LogP contribution in [0, 0.1) is 0 Å². The zero-order valence-electron chi connectivity index (χ0n) is 12.4. The van der Waals surface area contributed by atoms with Gasteiger partial charge in [-0.2, -0.15) is 0 Å². The first-order valence-electron chi connectivity index (χ1n) is 7.40. The van der Waals surface area contributed by atoms with Crippen molar-refractivity contribution in [2.45, 2.75) is 18.8 Å². The molecule has 0 fully saturated rings. The lowest BCUT2D eigenvalue weighted by Crippen LogP contribution is -2.17. The van der Waals surface area contributed by atoms with Crippen molar-refractivity contribution in [2.75, 3.05) is 0 Å². The van der Waals surface area contributed by atoms with Crippen LogP contribution in [-0.2, 0) is 0 Å². The van der Waals surface area contributed by atoms with Crippen LogP contribution < -0.4 is 0 Å². The molecule has 2 aromatic rings. The van der Waals surface area contributed by atoms with Gasteiger partial charge >= 0.3 is 0 Å². The Hall–Kier alpha value is -2.34. The van der Waals surface area contributed by atoms with Gasteiger partial charge in [0.1, 0.15) is 0 Å². The summed E-state index contributed by atoms with van der Waals surface area (Å²) in [5.41, 5.74) is 6.66. The average Bonchev–Trinajstić information content (AvgIpc) is 2.55. The molecule has 0 aliphatic heterocycles. The SMILES string of the molecule is C=CC1=C(C=C)C(c2ccccc2)c2ccccc2C1C. The van der Waals surface area contributed by atoms with E-state index in [2.05, 4.69) is 74.7 Å². The van der Waals surface area contributed by atoms with E-state index in [4.69, 9.17) is 0 Å². The van der Waals surface area contributed by atoms with Gasteiger partial charge < -0.3 is 0 Å². The quantitative estimate of drug-likeness (QED) is 0.681. The maximum Gasteiger partial charge on any atom is 0.0345 e. The molecule has 0 spiro atoms. The summed E-state index contributed by atoms with van der Waals surface area (Å²) >= 11 is 0. The maximum absolute atomic E-state index is 4.06. The fraction of sp³-hybridized carbons (Fsp3) is 0.143. The van der Waals surface area contributed by atoms with E-state index in [1.807, 2.05) is 12.2 Å². The minimum absolute atomic E-state index is 0.254. The van der Waals surface area contributed by atoms with Gasteiger partial charge in [-0.3, -0.25) is 0 Å². The Kier molecular flexibility index (Phi) is 3.62. The van der Waals surface area contributed by atoms with Gasteiger partial charge in [0, 0.05) is 11.8 Å². The van der Waals surface area contributed by atoms with Gasteiger partial charge in [0.05, 0.1) is 0 Å². The Morgan fingerprint density at radius 1 is 0.762 bits per heavy atom. The van der Waals surface area contributed by atoms with Crippen molar-refractivity contribution in [3.8, 4) is 0 Å². The van der Waals surface area contributed by atoms with Gasteiger partial charge in [0.25, 0.3) is 0 Å². The van der Waals surface area contributed by atoms with Gasteiger partial charge in [-0.1, -0.05) is 86.8 Å². The fourth-order valence-corrected chi connectivity index (χ4v) is 3.45. The summed E-state index contributed by atoms with van der Waals surface area (Å²) in [4.78, 5) is 0. The highest BCUT2D eigenvalue weighted by Crippen LogP contribution is 2.46. The molecule has 0 radical (unpaired) electrons. The lowest BCUT2D eigenvalue weighted by molar-refractivity contribution is 0.799. The molecule has 0 bridgehead atoms. The molecule has 0 N–H and O–H groups in total. The first-order valence-corrected chi connectivity index (χ1v) is 7.40. The van der Waals surface area contributed by atoms with Crippen LogP contribution in [0.2, 0.25) is 0 Å². The highest BCUT2D eigenvalue weighted by atomic mass is 14.3. The van der Waals surface area contributed by atoms with Crippen molar-refractivity contribution >= 4 is 0 Å². The number of hydrogen-bond acceptors (Lipinski definition) is 0. The van der Waals surface area contributed by atoms with Crippen LogP contribution in [0.25, 0.3) is 0 Å². The second kappa shape index (κ2) is 5.57. The molecule has 2 aromatic carbocycles. The van der Waals surface area contributed by atoms with Crippen molar-refractivity contribution in [1.82, 2.24) is 0 Å². The summed E-state index contributed by atoms with van der Waals surface area (Å²) in [5, 5.41) is 0. The number of hydrogen-bond donors (Lipinski definition) is 0. The molecule has 0 heterocycles. The molecule has 0 amide bonds. The Labute approximate surface area is 127 Å². The monoisotopic (exact) mass is 272 g/mol. The Morgan fingerprint density at radius 2 is 1.33 bits per heavy atom. The van der Waals surface area contributed by atoms with E-state index in [0.29, 0.717) is 5.92 Å². The summed E-state index contributed by atoms with van der Waals surface area (Å²) in [6, 6.07) is 19.4. The molecule has 0 aromatic heterocycles. The van der Waals surface area contributed by atoms with Crippen LogP contribution in [0.3, 0.4) is 0 Å². The molecule has 2 atom stereocenters. The predicted molar refractivity (Wildman–Crippen MR) is 90.6 cm³/mol. The average molecular weight is 272 g/mol. The van der Waals surface area contributed by atoms with Gasteiger partial charge in [-0.25, -0.2) is 0 Å². The van der Waals surface area contributed by atoms with Gasteiger partial charge in [0.15, 0.2) is 0 Å². The highest BCUT2D eigenvalue weighted by molar-refractivity contribution is 5.58. The Balaban J connectivity index is 2.30. The molecule has 104 valence electrons. The third-order valence-corrected chi connectivity index (χ3v) is 4.46. The number of benzene rings is 2. The van der Waals surface area contributed by atoms with Crippen molar-refractivity contribution in [1.29, 1.82) is 0 Å². The van der Waals surface area contributed by atoms with Crippen molar-refractivity contribution in [3.05, 3.63) is 108 Å². The topological polar surface area (TPSA) is 0 Å². The highest BCUT2D eigenvalue weighted by Gasteiger charge is 2.30. The van der Waals surface area contributed by atoms with E-state index in [1.54, 1.807) is 0 Å². The Morgan fingerprint density at radius 3 is 1.95 bits per heavy atom. The normalized spacial score (nSPS) is 20.8. The second-order valence-electron chi connectivity index (χ2n) is 5.51. The molecule has 1 aliphatic rings. The molecule has 21 heavy (non-hydrogen) atoms.